The maximum Gasteiger partial charge on any atom is 0.112 e. The summed E-state index contributed by atoms with van der Waals surface area (Å²) in [7, 11) is 0. The first-order chi connectivity index (χ1) is 6.63. The molecule has 0 saturated carbocycles. The fourth-order valence-electron chi connectivity index (χ4n) is 1.64. The van der Waals surface area contributed by atoms with Crippen LogP contribution in [0.15, 0.2) is 29.2 Å². The third-order valence-electron chi connectivity index (χ3n) is 2.49. The van der Waals surface area contributed by atoms with E-state index in [4.69, 9.17) is 4.74 Å². The zero-order valence-electron chi connectivity index (χ0n) is 8.91. The maximum atomic E-state index is 5.58. The minimum atomic E-state index is 0.0550. The summed E-state index contributed by atoms with van der Waals surface area (Å²) < 4.78 is 5.58. The summed E-state index contributed by atoms with van der Waals surface area (Å²) in [5, 5.41) is 0. The Morgan fingerprint density at radius 3 is 2.29 bits per heavy atom. The van der Waals surface area contributed by atoms with Crippen LogP contribution in [0.4, 0.5) is 0 Å². The lowest BCUT2D eigenvalue weighted by atomic mass is 10.0. The minimum Gasteiger partial charge on any atom is -0.362 e. The van der Waals surface area contributed by atoms with Crippen LogP contribution in [0.5, 0.6) is 0 Å². The van der Waals surface area contributed by atoms with Crippen molar-refractivity contribution in [1.29, 1.82) is 0 Å². The fraction of sp³-hybridized carbons (Fsp3) is 0.500. The van der Waals surface area contributed by atoms with E-state index in [1.54, 1.807) is 0 Å². The van der Waals surface area contributed by atoms with Gasteiger partial charge in [0.1, 0.15) is 6.10 Å². The van der Waals surface area contributed by atoms with Crippen LogP contribution in [0.3, 0.4) is 0 Å². The second kappa shape index (κ2) is 3.59. The summed E-state index contributed by atoms with van der Waals surface area (Å²) in [6, 6.07) is 8.72. The highest BCUT2D eigenvalue weighted by molar-refractivity contribution is 7.99. The van der Waals surface area contributed by atoms with Crippen LogP contribution in [-0.4, -0.2) is 11.4 Å². The van der Waals surface area contributed by atoms with Crippen molar-refractivity contribution >= 4 is 11.8 Å². The molecule has 0 bridgehead atoms. The molecule has 0 aromatic heterocycles. The van der Waals surface area contributed by atoms with E-state index in [0.29, 0.717) is 6.10 Å². The van der Waals surface area contributed by atoms with Crippen LogP contribution in [0.25, 0.3) is 0 Å². The molecule has 1 heterocycles. The molecule has 2 rings (SSSR count). The third-order valence-corrected chi connectivity index (χ3v) is 3.38. The number of epoxide rings is 1. The number of hydrogen-bond acceptors (Lipinski definition) is 2. The van der Waals surface area contributed by atoms with Crippen molar-refractivity contribution in [3.8, 4) is 0 Å². The SMILES string of the molecule is CCSc1ccc(C2OC2(C)C)cc1. The molecule has 1 aliphatic heterocycles. The summed E-state index contributed by atoms with van der Waals surface area (Å²) >= 11 is 1.88. The van der Waals surface area contributed by atoms with E-state index in [-0.39, 0.29) is 5.60 Å². The Hall–Kier alpha value is -0.470. The van der Waals surface area contributed by atoms with E-state index < -0.39 is 0 Å². The predicted molar refractivity (Wildman–Crippen MR) is 60.7 cm³/mol. The van der Waals surface area contributed by atoms with Gasteiger partial charge in [0, 0.05) is 4.90 Å². The lowest BCUT2D eigenvalue weighted by molar-refractivity contribution is 0.325. The lowest BCUT2D eigenvalue weighted by Gasteiger charge is -2.01. The van der Waals surface area contributed by atoms with Gasteiger partial charge >= 0.3 is 0 Å². The Morgan fingerprint density at radius 2 is 1.86 bits per heavy atom. The summed E-state index contributed by atoms with van der Waals surface area (Å²) in [5.74, 6) is 1.13. The van der Waals surface area contributed by atoms with Gasteiger partial charge in [-0.15, -0.1) is 11.8 Å². The first-order valence-corrected chi connectivity index (χ1v) is 6.02. The zero-order valence-corrected chi connectivity index (χ0v) is 9.73. The van der Waals surface area contributed by atoms with Crippen molar-refractivity contribution in [3.63, 3.8) is 0 Å². The van der Waals surface area contributed by atoms with E-state index in [0.717, 1.165) is 5.75 Å². The lowest BCUT2D eigenvalue weighted by Crippen LogP contribution is -1.97. The molecule has 1 aromatic carbocycles. The quantitative estimate of drug-likeness (QED) is 0.555. The molecular formula is C12H16OS. The van der Waals surface area contributed by atoms with Crippen molar-refractivity contribution in [2.24, 2.45) is 0 Å². The zero-order chi connectivity index (χ0) is 10.2. The van der Waals surface area contributed by atoms with Crippen LogP contribution in [0, 0.1) is 0 Å². The van der Waals surface area contributed by atoms with Crippen molar-refractivity contribution in [1.82, 2.24) is 0 Å². The molecule has 1 aliphatic rings. The summed E-state index contributed by atoms with van der Waals surface area (Å²) in [6.07, 6.45) is 0.308. The number of hydrogen-bond donors (Lipinski definition) is 0. The molecule has 0 N–H and O–H groups in total. The monoisotopic (exact) mass is 208 g/mol. The van der Waals surface area contributed by atoms with Gasteiger partial charge in [-0.25, -0.2) is 0 Å². The Bertz CT molecular complexity index is 316. The van der Waals surface area contributed by atoms with Crippen LogP contribution < -0.4 is 0 Å². The van der Waals surface area contributed by atoms with E-state index in [1.807, 2.05) is 11.8 Å². The van der Waals surface area contributed by atoms with Crippen molar-refractivity contribution in [2.75, 3.05) is 5.75 Å². The number of rotatable bonds is 3. The maximum absolute atomic E-state index is 5.58. The molecule has 2 heteroatoms. The van der Waals surface area contributed by atoms with Gasteiger partial charge in [0.15, 0.2) is 0 Å². The van der Waals surface area contributed by atoms with Gasteiger partial charge in [-0.1, -0.05) is 19.1 Å². The third kappa shape index (κ3) is 1.96. The molecule has 76 valence electrons. The molecular weight excluding hydrogens is 192 g/mol. The van der Waals surface area contributed by atoms with Gasteiger partial charge in [-0.2, -0.15) is 0 Å². The average Bonchev–Trinajstić information content (AvgIpc) is 2.77. The van der Waals surface area contributed by atoms with Gasteiger partial charge < -0.3 is 4.74 Å². The van der Waals surface area contributed by atoms with Gasteiger partial charge in [0.2, 0.25) is 0 Å². The molecule has 1 aromatic rings. The van der Waals surface area contributed by atoms with E-state index in [2.05, 4.69) is 45.0 Å². The summed E-state index contributed by atoms with van der Waals surface area (Å²) in [5.41, 5.74) is 1.36. The first kappa shape index (κ1) is 10.1. The Kier molecular flexibility index (Phi) is 2.58. The molecule has 0 amide bonds. The smallest absolute Gasteiger partial charge is 0.112 e. The van der Waals surface area contributed by atoms with Gasteiger partial charge in [-0.05, 0) is 37.3 Å². The standard InChI is InChI=1S/C12H16OS/c1-4-14-10-7-5-9(6-8-10)11-12(2,3)13-11/h5-8,11H,4H2,1-3H3. The second-order valence-corrected chi connectivity index (χ2v) is 5.44. The molecule has 1 atom stereocenters. The Balaban J connectivity index is 2.08. The summed E-state index contributed by atoms with van der Waals surface area (Å²) in [6.45, 7) is 6.43. The molecule has 14 heavy (non-hydrogen) atoms. The molecule has 1 saturated heterocycles. The molecule has 0 radical (unpaired) electrons. The molecule has 1 unspecified atom stereocenters. The highest BCUT2D eigenvalue weighted by Crippen LogP contribution is 2.48. The largest absolute Gasteiger partial charge is 0.362 e. The predicted octanol–water partition coefficient (Wildman–Crippen LogP) is 3.65. The van der Waals surface area contributed by atoms with Gasteiger partial charge in [0.05, 0.1) is 5.60 Å². The van der Waals surface area contributed by atoms with Crippen LogP contribution in [0.1, 0.15) is 32.4 Å². The fourth-order valence-corrected chi connectivity index (χ4v) is 2.31. The molecule has 1 fully saturated rings. The van der Waals surface area contributed by atoms with Crippen LogP contribution >= 0.6 is 11.8 Å². The average molecular weight is 208 g/mol. The highest BCUT2D eigenvalue weighted by Gasteiger charge is 2.48. The number of thioether (sulfide) groups is 1. The van der Waals surface area contributed by atoms with Crippen molar-refractivity contribution in [3.05, 3.63) is 29.8 Å². The normalized spacial score (nSPS) is 23.5. The van der Waals surface area contributed by atoms with Gasteiger partial charge in [0.25, 0.3) is 0 Å². The van der Waals surface area contributed by atoms with Crippen molar-refractivity contribution in [2.45, 2.75) is 37.4 Å². The molecule has 0 spiro atoms. The highest BCUT2D eigenvalue weighted by atomic mass is 32.2. The van der Waals surface area contributed by atoms with E-state index in [1.165, 1.54) is 10.5 Å². The Morgan fingerprint density at radius 1 is 1.29 bits per heavy atom. The second-order valence-electron chi connectivity index (χ2n) is 4.10. The minimum absolute atomic E-state index is 0.0550. The number of benzene rings is 1. The molecule has 1 nitrogen and oxygen atoms in total. The van der Waals surface area contributed by atoms with Crippen LogP contribution in [-0.2, 0) is 4.74 Å². The molecule has 0 aliphatic carbocycles. The summed E-state index contributed by atoms with van der Waals surface area (Å²) in [4.78, 5) is 1.34. The topological polar surface area (TPSA) is 12.5 Å². The number of ether oxygens (including phenoxy) is 1. The van der Waals surface area contributed by atoms with E-state index in [9.17, 15) is 0 Å². The van der Waals surface area contributed by atoms with E-state index >= 15 is 0 Å². The Labute approximate surface area is 89.9 Å². The van der Waals surface area contributed by atoms with Gasteiger partial charge in [-0.3, -0.25) is 0 Å². The van der Waals surface area contributed by atoms with Crippen molar-refractivity contribution < 1.29 is 4.74 Å². The first-order valence-electron chi connectivity index (χ1n) is 5.04. The van der Waals surface area contributed by atoms with Crippen LogP contribution in [0.2, 0.25) is 0 Å².